The minimum absolute atomic E-state index is 0.100. The van der Waals surface area contributed by atoms with Crippen LogP contribution in [0.1, 0.15) is 57.8 Å². The zero-order valence-corrected chi connectivity index (χ0v) is 15.2. The molecular weight excluding hydrogens is 312 g/mol. The fraction of sp³-hybridized carbons (Fsp3) is 0.864. The van der Waals surface area contributed by atoms with Crippen molar-refractivity contribution in [3.05, 3.63) is 12.7 Å². The van der Waals surface area contributed by atoms with Crippen LogP contribution in [0.2, 0.25) is 0 Å². The van der Waals surface area contributed by atoms with Crippen LogP contribution in [-0.4, -0.2) is 23.8 Å². The summed E-state index contributed by atoms with van der Waals surface area (Å²) in [5.41, 5.74) is 0.400. The topological polar surface area (TPSA) is 46.5 Å². The van der Waals surface area contributed by atoms with Crippen molar-refractivity contribution >= 4 is 5.97 Å². The number of esters is 1. The maximum Gasteiger partial charge on any atom is 0.330 e. The molecule has 5 aliphatic rings. The van der Waals surface area contributed by atoms with Crippen molar-refractivity contribution < 1.29 is 14.6 Å². The van der Waals surface area contributed by atoms with E-state index in [0.29, 0.717) is 11.8 Å². The van der Waals surface area contributed by atoms with E-state index >= 15 is 0 Å². The highest BCUT2D eigenvalue weighted by Crippen LogP contribution is 2.79. The first kappa shape index (κ1) is 16.4. The summed E-state index contributed by atoms with van der Waals surface area (Å²) < 4.78 is 5.71. The smallest absolute Gasteiger partial charge is 0.330 e. The molecule has 0 radical (unpaired) electrons. The maximum absolute atomic E-state index is 11.8. The minimum atomic E-state index is -0.324. The van der Waals surface area contributed by atoms with E-state index in [0.717, 1.165) is 47.8 Å². The van der Waals surface area contributed by atoms with E-state index in [-0.39, 0.29) is 18.7 Å². The van der Waals surface area contributed by atoms with E-state index in [4.69, 9.17) is 4.74 Å². The normalized spacial score (nSPS) is 49.9. The number of hydrogen-bond acceptors (Lipinski definition) is 3. The van der Waals surface area contributed by atoms with Gasteiger partial charge in [0.1, 0.15) is 6.10 Å². The standard InChI is InChI=1S/C22H32O3/c1-2-19(24)25-15(8-9-23)11-22-12-17(16-4-3-5-18(16)22)20-13-6-7-14(10-13)21(20)22/h2,13-18,20-21,23H,1,3-12H2. The van der Waals surface area contributed by atoms with Gasteiger partial charge >= 0.3 is 5.97 Å². The molecular formula is C22H32O3. The summed E-state index contributed by atoms with van der Waals surface area (Å²) in [5.74, 6) is 6.24. The fourth-order valence-corrected chi connectivity index (χ4v) is 8.92. The summed E-state index contributed by atoms with van der Waals surface area (Å²) in [6.07, 6.45) is 12.7. The lowest BCUT2D eigenvalue weighted by atomic mass is 9.56. The second kappa shape index (κ2) is 5.84. The van der Waals surface area contributed by atoms with Gasteiger partial charge in [0.05, 0.1) is 0 Å². The number of carbonyl (C=O) groups is 1. The van der Waals surface area contributed by atoms with Crippen LogP contribution >= 0.6 is 0 Å². The molecule has 5 saturated carbocycles. The number of rotatable bonds is 6. The molecule has 0 saturated heterocycles. The number of fused-ring (bicyclic) bond motifs is 12. The van der Waals surface area contributed by atoms with Crippen LogP contribution in [0.4, 0.5) is 0 Å². The van der Waals surface area contributed by atoms with E-state index < -0.39 is 0 Å². The summed E-state index contributed by atoms with van der Waals surface area (Å²) in [4.78, 5) is 11.8. The Labute approximate surface area is 151 Å². The monoisotopic (exact) mass is 344 g/mol. The van der Waals surface area contributed by atoms with Crippen molar-refractivity contribution in [2.24, 2.45) is 46.8 Å². The number of carbonyl (C=O) groups excluding carboxylic acids is 1. The van der Waals surface area contributed by atoms with Crippen molar-refractivity contribution in [3.8, 4) is 0 Å². The van der Waals surface area contributed by atoms with Crippen molar-refractivity contribution in [1.29, 1.82) is 0 Å². The molecule has 0 aromatic carbocycles. The number of aliphatic hydroxyl groups is 1. The Balaban J connectivity index is 1.46. The molecule has 0 aliphatic heterocycles. The molecule has 5 rings (SSSR count). The molecule has 5 fully saturated rings. The van der Waals surface area contributed by atoms with Crippen LogP contribution in [0.15, 0.2) is 12.7 Å². The molecule has 0 heterocycles. The van der Waals surface area contributed by atoms with Gasteiger partial charge in [0.2, 0.25) is 0 Å². The molecule has 25 heavy (non-hydrogen) atoms. The lowest BCUT2D eigenvalue weighted by molar-refractivity contribution is -0.147. The SMILES string of the molecule is C=CC(=O)OC(CCO)CC12CC(C3CCCC31)C1C3CCC(C3)C12. The lowest BCUT2D eigenvalue weighted by Gasteiger charge is -2.49. The number of aliphatic hydroxyl groups excluding tert-OH is 1. The van der Waals surface area contributed by atoms with Gasteiger partial charge in [-0.25, -0.2) is 4.79 Å². The van der Waals surface area contributed by atoms with E-state index in [1.54, 1.807) is 0 Å². The molecule has 9 atom stereocenters. The molecule has 0 spiro atoms. The highest BCUT2D eigenvalue weighted by molar-refractivity contribution is 5.81. The Hall–Kier alpha value is -0.830. The zero-order chi connectivity index (χ0) is 17.2. The molecule has 1 N–H and O–H groups in total. The Morgan fingerprint density at radius 3 is 2.88 bits per heavy atom. The van der Waals surface area contributed by atoms with Gasteiger partial charge in [0.15, 0.2) is 0 Å². The minimum Gasteiger partial charge on any atom is -0.459 e. The summed E-state index contributed by atoms with van der Waals surface area (Å²) >= 11 is 0. The second-order valence-corrected chi connectivity index (χ2v) is 9.72. The lowest BCUT2D eigenvalue weighted by Crippen LogP contribution is -2.45. The molecule has 3 heteroatoms. The van der Waals surface area contributed by atoms with Crippen molar-refractivity contribution in [3.63, 3.8) is 0 Å². The van der Waals surface area contributed by atoms with Crippen molar-refractivity contribution in [1.82, 2.24) is 0 Å². The largest absolute Gasteiger partial charge is 0.459 e. The fourth-order valence-electron chi connectivity index (χ4n) is 8.92. The van der Waals surface area contributed by atoms with Gasteiger partial charge in [-0.3, -0.25) is 0 Å². The molecule has 3 nitrogen and oxygen atoms in total. The first-order valence-corrected chi connectivity index (χ1v) is 10.6. The summed E-state index contributed by atoms with van der Waals surface area (Å²) in [6, 6.07) is 0. The van der Waals surface area contributed by atoms with E-state index in [1.807, 2.05) is 0 Å². The number of hydrogen-bond donors (Lipinski definition) is 1. The van der Waals surface area contributed by atoms with Gasteiger partial charge in [0, 0.05) is 19.1 Å². The van der Waals surface area contributed by atoms with Gasteiger partial charge in [-0.15, -0.1) is 0 Å². The van der Waals surface area contributed by atoms with E-state index in [1.165, 1.54) is 51.0 Å². The average Bonchev–Trinajstić information content (AvgIpc) is 3.37. The van der Waals surface area contributed by atoms with E-state index in [9.17, 15) is 9.90 Å². The molecule has 4 bridgehead atoms. The summed E-state index contributed by atoms with van der Waals surface area (Å²) in [7, 11) is 0. The summed E-state index contributed by atoms with van der Waals surface area (Å²) in [6.45, 7) is 3.65. The van der Waals surface area contributed by atoms with Gasteiger partial charge in [-0.2, -0.15) is 0 Å². The second-order valence-electron chi connectivity index (χ2n) is 9.72. The first-order valence-electron chi connectivity index (χ1n) is 10.6. The first-order chi connectivity index (χ1) is 12.2. The van der Waals surface area contributed by atoms with Crippen LogP contribution in [0, 0.1) is 46.8 Å². The number of ether oxygens (including phenoxy) is 1. The third-order valence-corrected chi connectivity index (χ3v) is 9.12. The van der Waals surface area contributed by atoms with Crippen LogP contribution in [0.3, 0.4) is 0 Å². The van der Waals surface area contributed by atoms with Gasteiger partial charge in [-0.1, -0.05) is 13.0 Å². The Morgan fingerprint density at radius 1 is 1.24 bits per heavy atom. The molecule has 0 aromatic heterocycles. The predicted molar refractivity (Wildman–Crippen MR) is 95.6 cm³/mol. The van der Waals surface area contributed by atoms with Gasteiger partial charge < -0.3 is 9.84 Å². The molecule has 0 amide bonds. The Bertz CT molecular complexity index is 572. The third-order valence-electron chi connectivity index (χ3n) is 9.12. The van der Waals surface area contributed by atoms with Gasteiger partial charge in [0.25, 0.3) is 0 Å². The Kier molecular flexibility index (Phi) is 3.82. The van der Waals surface area contributed by atoms with Crippen molar-refractivity contribution in [2.45, 2.75) is 63.9 Å². The summed E-state index contributed by atoms with van der Waals surface area (Å²) in [5, 5.41) is 9.53. The van der Waals surface area contributed by atoms with Crippen LogP contribution in [0.5, 0.6) is 0 Å². The molecule has 9 unspecified atom stereocenters. The van der Waals surface area contributed by atoms with Gasteiger partial charge in [-0.05, 0) is 91.8 Å². The zero-order valence-electron chi connectivity index (χ0n) is 15.2. The highest BCUT2D eigenvalue weighted by atomic mass is 16.5. The molecule has 5 aliphatic carbocycles. The molecule has 0 aromatic rings. The maximum atomic E-state index is 11.8. The molecule has 138 valence electrons. The van der Waals surface area contributed by atoms with Crippen LogP contribution < -0.4 is 0 Å². The highest BCUT2D eigenvalue weighted by Gasteiger charge is 2.72. The van der Waals surface area contributed by atoms with E-state index in [2.05, 4.69) is 6.58 Å². The van der Waals surface area contributed by atoms with Crippen LogP contribution in [-0.2, 0) is 9.53 Å². The van der Waals surface area contributed by atoms with Crippen LogP contribution in [0.25, 0.3) is 0 Å². The van der Waals surface area contributed by atoms with Crippen molar-refractivity contribution in [2.75, 3.05) is 6.61 Å². The Morgan fingerprint density at radius 2 is 2.08 bits per heavy atom. The quantitative estimate of drug-likeness (QED) is 0.451. The third kappa shape index (κ3) is 2.17. The average molecular weight is 344 g/mol. The predicted octanol–water partition coefficient (Wildman–Crippen LogP) is 3.96.